The zero-order valence-electron chi connectivity index (χ0n) is 12.3. The smallest absolute Gasteiger partial charge is 0.354 e. The van der Waals surface area contributed by atoms with E-state index in [1.54, 1.807) is 36.9 Å². The molecular formula is C18H15N3O2. The van der Waals surface area contributed by atoms with E-state index < -0.39 is 5.97 Å². The highest BCUT2D eigenvalue weighted by Crippen LogP contribution is 2.28. The van der Waals surface area contributed by atoms with Crippen LogP contribution in [0.2, 0.25) is 0 Å². The van der Waals surface area contributed by atoms with Gasteiger partial charge in [-0.05, 0) is 41.3 Å². The topological polar surface area (TPSA) is 76.0 Å². The first kappa shape index (κ1) is 14.8. The molecule has 0 aromatic carbocycles. The first-order valence-electron chi connectivity index (χ1n) is 7.22. The summed E-state index contributed by atoms with van der Waals surface area (Å²) in [5.41, 5.74) is 2.81. The van der Waals surface area contributed by atoms with Gasteiger partial charge in [-0.3, -0.25) is 9.97 Å². The van der Waals surface area contributed by atoms with Crippen LogP contribution in [0.5, 0.6) is 0 Å². The van der Waals surface area contributed by atoms with Gasteiger partial charge in [0.05, 0.1) is 0 Å². The van der Waals surface area contributed by atoms with Crippen molar-refractivity contribution in [1.29, 1.82) is 0 Å². The summed E-state index contributed by atoms with van der Waals surface area (Å²) in [5, 5.41) is 9.33. The molecule has 0 spiro atoms. The third-order valence-corrected chi connectivity index (χ3v) is 3.69. The van der Waals surface area contributed by atoms with Crippen molar-refractivity contribution in [1.82, 2.24) is 15.0 Å². The Morgan fingerprint density at radius 2 is 1.57 bits per heavy atom. The minimum atomic E-state index is -1.02. The standard InChI is InChI=1S/C18H15N3O2/c22-18(23)17-13(4-3-9-21-17)10-16(14-5-1-7-19-11-14)15-6-2-8-20-12-15/h1-9,11-12,16H,10H2,(H,22,23). The molecule has 0 fully saturated rings. The monoisotopic (exact) mass is 305 g/mol. The summed E-state index contributed by atoms with van der Waals surface area (Å²) >= 11 is 0. The number of hydrogen-bond acceptors (Lipinski definition) is 4. The highest BCUT2D eigenvalue weighted by Gasteiger charge is 2.19. The number of pyridine rings is 3. The fraction of sp³-hybridized carbons (Fsp3) is 0.111. The number of carbonyl (C=O) groups is 1. The van der Waals surface area contributed by atoms with E-state index in [9.17, 15) is 9.90 Å². The zero-order chi connectivity index (χ0) is 16.1. The molecule has 23 heavy (non-hydrogen) atoms. The lowest BCUT2D eigenvalue weighted by molar-refractivity contribution is 0.0689. The Balaban J connectivity index is 2.02. The molecule has 0 saturated heterocycles. The normalized spacial score (nSPS) is 10.7. The van der Waals surface area contributed by atoms with Crippen LogP contribution in [-0.2, 0) is 6.42 Å². The molecule has 0 radical (unpaired) electrons. The molecule has 3 aromatic rings. The van der Waals surface area contributed by atoms with Crippen LogP contribution in [0.25, 0.3) is 0 Å². The van der Waals surface area contributed by atoms with Gasteiger partial charge in [-0.2, -0.15) is 0 Å². The average Bonchev–Trinajstić information content (AvgIpc) is 2.61. The minimum absolute atomic E-state index is 0.0281. The molecule has 114 valence electrons. The number of carboxylic acid groups (broad SMARTS) is 1. The fourth-order valence-corrected chi connectivity index (χ4v) is 2.61. The van der Waals surface area contributed by atoms with Crippen LogP contribution >= 0.6 is 0 Å². The molecule has 3 rings (SSSR count). The van der Waals surface area contributed by atoms with Gasteiger partial charge in [-0.15, -0.1) is 0 Å². The van der Waals surface area contributed by atoms with E-state index in [0.29, 0.717) is 12.0 Å². The molecule has 1 N–H and O–H groups in total. The van der Waals surface area contributed by atoms with Crippen molar-refractivity contribution in [2.45, 2.75) is 12.3 Å². The van der Waals surface area contributed by atoms with Gasteiger partial charge in [0.1, 0.15) is 0 Å². The third kappa shape index (κ3) is 3.40. The molecule has 0 aliphatic rings. The number of nitrogens with zero attached hydrogens (tertiary/aromatic N) is 3. The molecule has 5 heteroatoms. The Morgan fingerprint density at radius 1 is 0.957 bits per heavy atom. The van der Waals surface area contributed by atoms with Crippen molar-refractivity contribution in [2.24, 2.45) is 0 Å². The molecule has 0 aliphatic carbocycles. The molecule has 0 unspecified atom stereocenters. The van der Waals surface area contributed by atoms with Crippen LogP contribution in [0.3, 0.4) is 0 Å². The second kappa shape index (κ2) is 6.79. The van der Waals surface area contributed by atoms with Gasteiger partial charge < -0.3 is 5.11 Å². The van der Waals surface area contributed by atoms with Gasteiger partial charge in [-0.1, -0.05) is 18.2 Å². The highest BCUT2D eigenvalue weighted by atomic mass is 16.4. The quantitative estimate of drug-likeness (QED) is 0.784. The van der Waals surface area contributed by atoms with Crippen LogP contribution in [0.4, 0.5) is 0 Å². The van der Waals surface area contributed by atoms with Gasteiger partial charge in [0.15, 0.2) is 5.69 Å². The summed E-state index contributed by atoms with van der Waals surface area (Å²) in [5.74, 6) is -1.04. The predicted octanol–water partition coefficient (Wildman–Crippen LogP) is 2.94. The van der Waals surface area contributed by atoms with E-state index in [4.69, 9.17) is 0 Å². The molecule has 3 heterocycles. The number of aromatic nitrogens is 3. The molecule has 0 bridgehead atoms. The maximum Gasteiger partial charge on any atom is 0.354 e. The van der Waals surface area contributed by atoms with E-state index in [0.717, 1.165) is 11.1 Å². The first-order chi connectivity index (χ1) is 11.3. The lowest BCUT2D eigenvalue weighted by Crippen LogP contribution is -2.11. The van der Waals surface area contributed by atoms with E-state index in [2.05, 4.69) is 15.0 Å². The lowest BCUT2D eigenvalue weighted by Gasteiger charge is -2.18. The van der Waals surface area contributed by atoms with E-state index in [-0.39, 0.29) is 11.6 Å². The van der Waals surface area contributed by atoms with Crippen molar-refractivity contribution in [3.05, 3.63) is 89.8 Å². The zero-order valence-corrected chi connectivity index (χ0v) is 12.3. The molecule has 0 atom stereocenters. The third-order valence-electron chi connectivity index (χ3n) is 3.69. The Morgan fingerprint density at radius 3 is 2.09 bits per heavy atom. The van der Waals surface area contributed by atoms with E-state index in [1.807, 2.05) is 24.3 Å². The van der Waals surface area contributed by atoms with Gasteiger partial charge in [0, 0.05) is 36.9 Å². The van der Waals surface area contributed by atoms with Crippen molar-refractivity contribution in [3.63, 3.8) is 0 Å². The van der Waals surface area contributed by atoms with Crippen LogP contribution in [-0.4, -0.2) is 26.0 Å². The number of rotatable bonds is 5. The molecular weight excluding hydrogens is 290 g/mol. The van der Waals surface area contributed by atoms with Gasteiger partial charge in [-0.25, -0.2) is 9.78 Å². The molecule has 3 aromatic heterocycles. The lowest BCUT2D eigenvalue weighted by atomic mass is 9.87. The Kier molecular flexibility index (Phi) is 4.38. The van der Waals surface area contributed by atoms with Crippen molar-refractivity contribution >= 4 is 5.97 Å². The summed E-state index contributed by atoms with van der Waals surface area (Å²) in [6, 6.07) is 11.3. The Labute approximate surface area is 133 Å². The SMILES string of the molecule is O=C(O)c1ncccc1CC(c1cccnc1)c1cccnc1. The summed E-state index contributed by atoms with van der Waals surface area (Å²) in [4.78, 5) is 23.7. The van der Waals surface area contributed by atoms with Gasteiger partial charge in [0.25, 0.3) is 0 Å². The van der Waals surface area contributed by atoms with Crippen molar-refractivity contribution in [3.8, 4) is 0 Å². The molecule has 5 nitrogen and oxygen atoms in total. The van der Waals surface area contributed by atoms with Gasteiger partial charge in [0.2, 0.25) is 0 Å². The van der Waals surface area contributed by atoms with E-state index in [1.165, 1.54) is 6.20 Å². The summed E-state index contributed by atoms with van der Waals surface area (Å²) in [6.07, 6.45) is 9.05. The molecule has 0 aliphatic heterocycles. The first-order valence-corrected chi connectivity index (χ1v) is 7.22. The van der Waals surface area contributed by atoms with E-state index >= 15 is 0 Å². The summed E-state index contributed by atoms with van der Waals surface area (Å²) < 4.78 is 0. The average molecular weight is 305 g/mol. The highest BCUT2D eigenvalue weighted by molar-refractivity contribution is 5.87. The summed E-state index contributed by atoms with van der Waals surface area (Å²) in [7, 11) is 0. The van der Waals surface area contributed by atoms with Crippen LogP contribution < -0.4 is 0 Å². The van der Waals surface area contributed by atoms with Crippen molar-refractivity contribution < 1.29 is 9.90 Å². The second-order valence-corrected chi connectivity index (χ2v) is 5.15. The summed E-state index contributed by atoms with van der Waals surface area (Å²) in [6.45, 7) is 0. The predicted molar refractivity (Wildman–Crippen MR) is 85.2 cm³/mol. The second-order valence-electron chi connectivity index (χ2n) is 5.15. The molecule has 0 amide bonds. The number of carboxylic acids is 1. The Hall–Kier alpha value is -3.08. The van der Waals surface area contributed by atoms with Crippen LogP contribution in [0.15, 0.2) is 67.4 Å². The number of hydrogen-bond donors (Lipinski definition) is 1. The van der Waals surface area contributed by atoms with Crippen molar-refractivity contribution in [2.75, 3.05) is 0 Å². The largest absolute Gasteiger partial charge is 0.477 e. The van der Waals surface area contributed by atoms with Gasteiger partial charge >= 0.3 is 5.97 Å². The maximum atomic E-state index is 11.4. The van der Waals surface area contributed by atoms with Crippen LogP contribution in [0.1, 0.15) is 33.1 Å². The molecule has 0 saturated carbocycles. The minimum Gasteiger partial charge on any atom is -0.477 e. The van der Waals surface area contributed by atoms with Crippen LogP contribution in [0, 0.1) is 0 Å². The number of aromatic carboxylic acids is 1. The maximum absolute atomic E-state index is 11.4. The fourth-order valence-electron chi connectivity index (χ4n) is 2.61. The Bertz CT molecular complexity index is 752.